The second-order valence-corrected chi connectivity index (χ2v) is 6.47. The van der Waals surface area contributed by atoms with Crippen LogP contribution >= 0.6 is 0 Å². The number of imidazole rings is 1. The highest BCUT2D eigenvalue weighted by atomic mass is 28.4. The number of hydrogen-bond acceptors (Lipinski definition) is 4. The summed E-state index contributed by atoms with van der Waals surface area (Å²) in [5, 5.41) is 0. The lowest BCUT2D eigenvalue weighted by Crippen LogP contribution is -2.49. The molecule has 116 valence electrons. The second kappa shape index (κ2) is 9.25. The Kier molecular flexibility index (Phi) is 8.01. The number of hydrogen-bond donors (Lipinski definition) is 0. The molecular weight excluding hydrogens is 276 g/mol. The Bertz CT molecular complexity index is 356. The Morgan fingerprint density at radius 1 is 1.00 bits per heavy atom. The summed E-state index contributed by atoms with van der Waals surface area (Å²) in [6, 6.07) is 0. The van der Waals surface area contributed by atoms with E-state index >= 15 is 0 Å². The van der Waals surface area contributed by atoms with E-state index in [-0.39, 0.29) is 0 Å². The molecule has 0 saturated carbocycles. The molecular formula is C13H27N2O4Si+. The van der Waals surface area contributed by atoms with Crippen molar-refractivity contribution in [1.82, 2.24) is 4.57 Å². The molecule has 0 radical (unpaired) electrons. The van der Waals surface area contributed by atoms with Crippen LogP contribution < -0.4 is 4.57 Å². The third-order valence-electron chi connectivity index (χ3n) is 2.63. The highest BCUT2D eigenvalue weighted by Gasteiger charge is 2.44. The number of aryl methyl sites for hydroxylation is 2. The molecule has 0 spiro atoms. The van der Waals surface area contributed by atoms with Gasteiger partial charge in [0, 0.05) is 32.8 Å². The Morgan fingerprint density at radius 3 is 2.05 bits per heavy atom. The lowest BCUT2D eigenvalue weighted by atomic mass is 10.4. The smallest absolute Gasteiger partial charge is 0.351 e. The fourth-order valence-corrected chi connectivity index (χ4v) is 3.81. The van der Waals surface area contributed by atoms with E-state index in [1.165, 1.54) is 0 Å². The standard InChI is InChI=1S/C13H27N2O4Si/c1-5-16-20(17-6-2,18-7-3)19-12-8-9-15-11-10-14(4)13-15/h10-11,13H,5-9,12H2,1-4H3/q+1. The second-order valence-electron chi connectivity index (χ2n) is 4.32. The fraction of sp³-hybridized carbons (Fsp3) is 0.769. The van der Waals surface area contributed by atoms with E-state index in [1.807, 2.05) is 51.1 Å². The average Bonchev–Trinajstić information content (AvgIpc) is 2.82. The van der Waals surface area contributed by atoms with E-state index in [2.05, 4.69) is 4.57 Å². The maximum Gasteiger partial charge on any atom is 0.679 e. The van der Waals surface area contributed by atoms with Gasteiger partial charge in [0.1, 0.15) is 12.4 Å². The van der Waals surface area contributed by atoms with E-state index in [1.54, 1.807) is 0 Å². The Balaban J connectivity index is 2.40. The van der Waals surface area contributed by atoms with Crippen LogP contribution in [0.1, 0.15) is 27.2 Å². The van der Waals surface area contributed by atoms with Crippen LogP contribution in [0.5, 0.6) is 0 Å². The van der Waals surface area contributed by atoms with Gasteiger partial charge >= 0.3 is 9.05 Å². The van der Waals surface area contributed by atoms with Crippen LogP contribution in [0, 0.1) is 0 Å². The largest absolute Gasteiger partial charge is 0.679 e. The first-order valence-corrected chi connectivity index (χ1v) is 8.86. The van der Waals surface area contributed by atoms with Crippen molar-refractivity contribution in [3.05, 3.63) is 18.7 Å². The predicted molar refractivity (Wildman–Crippen MR) is 76.8 cm³/mol. The Labute approximate surface area is 122 Å². The summed E-state index contributed by atoms with van der Waals surface area (Å²) in [5.74, 6) is 0. The summed E-state index contributed by atoms with van der Waals surface area (Å²) in [7, 11) is -0.939. The Morgan fingerprint density at radius 2 is 1.60 bits per heavy atom. The molecule has 0 aliphatic rings. The highest BCUT2D eigenvalue weighted by molar-refractivity contribution is 6.53. The molecule has 20 heavy (non-hydrogen) atoms. The minimum absolute atomic E-state index is 0.527. The third kappa shape index (κ3) is 5.72. The van der Waals surface area contributed by atoms with Crippen molar-refractivity contribution in [1.29, 1.82) is 0 Å². The van der Waals surface area contributed by atoms with E-state index in [9.17, 15) is 0 Å². The molecule has 1 aromatic rings. The summed E-state index contributed by atoms with van der Waals surface area (Å²) in [6.07, 6.45) is 6.98. The molecule has 0 N–H and O–H groups in total. The predicted octanol–water partition coefficient (Wildman–Crippen LogP) is 1.26. The van der Waals surface area contributed by atoms with Gasteiger partial charge in [0.25, 0.3) is 0 Å². The van der Waals surface area contributed by atoms with E-state index in [0.717, 1.165) is 13.0 Å². The minimum atomic E-state index is -2.94. The number of aromatic nitrogens is 2. The first kappa shape index (κ1) is 17.3. The molecule has 0 bridgehead atoms. The van der Waals surface area contributed by atoms with Crippen molar-refractivity contribution in [2.24, 2.45) is 7.05 Å². The van der Waals surface area contributed by atoms with Gasteiger partial charge < -0.3 is 17.7 Å². The highest BCUT2D eigenvalue weighted by Crippen LogP contribution is 2.12. The zero-order valence-electron chi connectivity index (χ0n) is 13.0. The molecule has 1 heterocycles. The monoisotopic (exact) mass is 303 g/mol. The van der Waals surface area contributed by atoms with Gasteiger partial charge in [-0.2, -0.15) is 0 Å². The molecule has 0 aliphatic carbocycles. The van der Waals surface area contributed by atoms with Gasteiger partial charge in [0.05, 0.1) is 13.6 Å². The average molecular weight is 303 g/mol. The molecule has 7 heteroatoms. The van der Waals surface area contributed by atoms with Crippen molar-refractivity contribution in [2.45, 2.75) is 33.7 Å². The summed E-state index contributed by atoms with van der Waals surface area (Å²) in [6.45, 7) is 8.80. The minimum Gasteiger partial charge on any atom is -0.351 e. The molecule has 0 saturated heterocycles. The van der Waals surface area contributed by atoms with Crippen molar-refractivity contribution < 1.29 is 22.3 Å². The van der Waals surface area contributed by atoms with Crippen molar-refractivity contribution in [3.8, 4) is 0 Å². The topological polar surface area (TPSA) is 45.7 Å². The lowest BCUT2D eigenvalue weighted by molar-refractivity contribution is -0.671. The summed E-state index contributed by atoms with van der Waals surface area (Å²) in [5.41, 5.74) is 0. The van der Waals surface area contributed by atoms with Crippen LogP contribution in [0.4, 0.5) is 0 Å². The fourth-order valence-electron chi connectivity index (χ4n) is 1.86. The quantitative estimate of drug-likeness (QED) is 0.351. The van der Waals surface area contributed by atoms with Gasteiger partial charge in [0.2, 0.25) is 6.33 Å². The zero-order chi connectivity index (χ0) is 14.8. The van der Waals surface area contributed by atoms with E-state index < -0.39 is 9.05 Å². The van der Waals surface area contributed by atoms with Crippen LogP contribution in [0.3, 0.4) is 0 Å². The van der Waals surface area contributed by atoms with Gasteiger partial charge in [-0.1, -0.05) is 0 Å². The number of nitrogens with zero attached hydrogens (tertiary/aromatic N) is 2. The third-order valence-corrected chi connectivity index (χ3v) is 5.11. The summed E-state index contributed by atoms with van der Waals surface area (Å²) < 4.78 is 26.9. The molecule has 6 nitrogen and oxygen atoms in total. The van der Waals surface area contributed by atoms with Gasteiger partial charge in [0.15, 0.2) is 0 Å². The van der Waals surface area contributed by atoms with Crippen LogP contribution in [0.25, 0.3) is 0 Å². The van der Waals surface area contributed by atoms with Crippen molar-refractivity contribution >= 4 is 9.05 Å². The normalized spacial score (nSPS) is 12.0. The summed E-state index contributed by atoms with van der Waals surface area (Å²) in [4.78, 5) is 0. The van der Waals surface area contributed by atoms with Crippen LogP contribution in [-0.2, 0) is 31.3 Å². The van der Waals surface area contributed by atoms with Crippen LogP contribution in [0.2, 0.25) is 0 Å². The van der Waals surface area contributed by atoms with Gasteiger partial charge in [-0.25, -0.2) is 9.13 Å². The van der Waals surface area contributed by atoms with Gasteiger partial charge in [-0.05, 0) is 20.8 Å². The Hall–Kier alpha value is -0.733. The van der Waals surface area contributed by atoms with E-state index in [0.29, 0.717) is 26.4 Å². The van der Waals surface area contributed by atoms with Crippen LogP contribution in [-0.4, -0.2) is 40.0 Å². The maximum absolute atomic E-state index is 5.83. The molecule has 1 rings (SSSR count). The SMILES string of the molecule is CCO[Si](OCC)(OCC)OCCCn1cc[n+](C)c1. The summed E-state index contributed by atoms with van der Waals surface area (Å²) >= 11 is 0. The van der Waals surface area contributed by atoms with Gasteiger partial charge in [-0.3, -0.25) is 0 Å². The molecule has 1 aromatic heterocycles. The maximum atomic E-state index is 5.83. The van der Waals surface area contributed by atoms with Crippen LogP contribution in [0.15, 0.2) is 18.7 Å². The van der Waals surface area contributed by atoms with Crippen molar-refractivity contribution in [3.63, 3.8) is 0 Å². The van der Waals surface area contributed by atoms with Gasteiger partial charge in [-0.15, -0.1) is 0 Å². The molecule has 0 fully saturated rings. The van der Waals surface area contributed by atoms with E-state index in [4.69, 9.17) is 17.7 Å². The first-order chi connectivity index (χ1) is 9.65. The molecule has 0 atom stereocenters. The first-order valence-electron chi connectivity index (χ1n) is 7.22. The van der Waals surface area contributed by atoms with Crippen molar-refractivity contribution in [2.75, 3.05) is 26.4 Å². The molecule has 0 amide bonds. The molecule has 0 aliphatic heterocycles. The molecule has 0 unspecified atom stereocenters. The lowest BCUT2D eigenvalue weighted by Gasteiger charge is -2.26. The molecule has 0 aromatic carbocycles. The zero-order valence-corrected chi connectivity index (χ0v) is 14.0. The number of rotatable bonds is 11.